The summed E-state index contributed by atoms with van der Waals surface area (Å²) in [5.41, 5.74) is 4.42. The summed E-state index contributed by atoms with van der Waals surface area (Å²) in [7, 11) is 0. The minimum absolute atomic E-state index is 0.113. The molecule has 0 saturated carbocycles. The van der Waals surface area contributed by atoms with Crippen molar-refractivity contribution in [3.8, 4) is 0 Å². The highest BCUT2D eigenvalue weighted by molar-refractivity contribution is 5.95. The van der Waals surface area contributed by atoms with Gasteiger partial charge in [-0.05, 0) is 18.9 Å². The fourth-order valence-electron chi connectivity index (χ4n) is 2.83. The molecule has 0 aliphatic carbocycles. The molecule has 0 unspecified atom stereocenters. The van der Waals surface area contributed by atoms with Crippen molar-refractivity contribution in [2.45, 2.75) is 32.4 Å². The van der Waals surface area contributed by atoms with Crippen LogP contribution in [0.25, 0.3) is 0 Å². The summed E-state index contributed by atoms with van der Waals surface area (Å²) in [6, 6.07) is 1.27. The van der Waals surface area contributed by atoms with Crippen LogP contribution < -0.4 is 21.9 Å². The third-order valence-electron chi connectivity index (χ3n) is 4.07. The predicted octanol–water partition coefficient (Wildman–Crippen LogP) is -0.601. The molecule has 1 atom stereocenters. The first-order chi connectivity index (χ1) is 11.6. The highest BCUT2D eigenvalue weighted by Crippen LogP contribution is 2.23. The number of nitrogens with one attached hydrogen (secondary N) is 3. The second-order valence-electron chi connectivity index (χ2n) is 6.88. The molecule has 9 heteroatoms. The molecular weight excluding hydrogens is 326 g/mol. The minimum Gasteiger partial charge on any atom is -0.352 e. The Morgan fingerprint density at radius 1 is 1.32 bits per heavy atom. The van der Waals surface area contributed by atoms with Crippen molar-refractivity contribution in [3.63, 3.8) is 0 Å². The predicted molar refractivity (Wildman–Crippen MR) is 90.9 cm³/mol. The van der Waals surface area contributed by atoms with Crippen LogP contribution in [0.5, 0.6) is 0 Å². The lowest BCUT2D eigenvalue weighted by Gasteiger charge is -2.49. The van der Waals surface area contributed by atoms with E-state index in [0.717, 1.165) is 0 Å². The van der Waals surface area contributed by atoms with Crippen LogP contribution in [0, 0.1) is 5.92 Å². The Bertz CT molecular complexity index is 736. The van der Waals surface area contributed by atoms with Crippen LogP contribution in [0.4, 0.5) is 4.79 Å². The zero-order valence-corrected chi connectivity index (χ0v) is 14.5. The van der Waals surface area contributed by atoms with Crippen LogP contribution in [0.2, 0.25) is 0 Å². The molecule has 1 fully saturated rings. The smallest absolute Gasteiger partial charge is 0.312 e. The third-order valence-corrected chi connectivity index (χ3v) is 4.07. The van der Waals surface area contributed by atoms with Gasteiger partial charge in [0.2, 0.25) is 11.5 Å². The van der Waals surface area contributed by atoms with Crippen LogP contribution in [0.15, 0.2) is 23.1 Å². The number of aromatic nitrogens is 1. The number of aromatic amines is 1. The normalized spacial score (nSPS) is 16.7. The Morgan fingerprint density at radius 2 is 1.96 bits per heavy atom. The molecule has 25 heavy (non-hydrogen) atoms. The Morgan fingerprint density at radius 3 is 2.48 bits per heavy atom. The van der Waals surface area contributed by atoms with E-state index in [-0.39, 0.29) is 28.9 Å². The van der Waals surface area contributed by atoms with Crippen LogP contribution in [0.3, 0.4) is 0 Å². The zero-order chi connectivity index (χ0) is 18.8. The Balaban J connectivity index is 1.97. The van der Waals surface area contributed by atoms with Gasteiger partial charge in [0.25, 0.3) is 5.91 Å². The highest BCUT2D eigenvalue weighted by atomic mass is 16.2. The second kappa shape index (κ2) is 6.96. The molecule has 1 saturated heterocycles. The van der Waals surface area contributed by atoms with E-state index in [1.54, 1.807) is 4.90 Å². The minimum atomic E-state index is -0.752. The highest BCUT2D eigenvalue weighted by Gasteiger charge is 2.44. The molecule has 0 aromatic carbocycles. The topological polar surface area (TPSA) is 137 Å². The van der Waals surface area contributed by atoms with Crippen molar-refractivity contribution in [2.24, 2.45) is 11.7 Å². The number of primary amides is 1. The molecule has 1 aromatic heterocycles. The average Bonchev–Trinajstić information content (AvgIpc) is 2.49. The quantitative estimate of drug-likeness (QED) is 0.564. The number of carbonyl (C=O) groups is 3. The summed E-state index contributed by atoms with van der Waals surface area (Å²) in [5.74, 6) is -0.731. The molecule has 5 N–H and O–H groups in total. The SMILES string of the molecule is CC(C)[C@H](NC(N)=O)C(=O)N1CC(C)(NC(=O)c2cc[nH]c(=O)c2)C1. The number of likely N-dealkylation sites (tertiary alicyclic amines) is 1. The van der Waals surface area contributed by atoms with Gasteiger partial charge in [-0.15, -0.1) is 0 Å². The third kappa shape index (κ3) is 4.37. The second-order valence-corrected chi connectivity index (χ2v) is 6.88. The zero-order valence-electron chi connectivity index (χ0n) is 14.5. The molecule has 4 amide bonds. The number of nitrogens with zero attached hydrogens (tertiary/aromatic N) is 1. The molecular formula is C16H23N5O4. The maximum Gasteiger partial charge on any atom is 0.312 e. The van der Waals surface area contributed by atoms with Gasteiger partial charge in [-0.2, -0.15) is 0 Å². The van der Waals surface area contributed by atoms with Crippen LogP contribution in [-0.2, 0) is 4.79 Å². The number of amides is 4. The first kappa shape index (κ1) is 18.5. The lowest BCUT2D eigenvalue weighted by Crippen LogP contribution is -2.72. The first-order valence-electron chi connectivity index (χ1n) is 7.97. The summed E-state index contributed by atoms with van der Waals surface area (Å²) in [4.78, 5) is 51.1. The summed E-state index contributed by atoms with van der Waals surface area (Å²) in [6.45, 7) is 6.06. The van der Waals surface area contributed by atoms with Crippen molar-refractivity contribution in [3.05, 3.63) is 34.2 Å². The largest absolute Gasteiger partial charge is 0.352 e. The molecule has 136 valence electrons. The van der Waals surface area contributed by atoms with E-state index in [1.165, 1.54) is 18.3 Å². The lowest BCUT2D eigenvalue weighted by molar-refractivity contribution is -0.142. The fourth-order valence-corrected chi connectivity index (χ4v) is 2.83. The van der Waals surface area contributed by atoms with Gasteiger partial charge in [0.05, 0.1) is 5.54 Å². The van der Waals surface area contributed by atoms with Gasteiger partial charge in [-0.25, -0.2) is 4.79 Å². The maximum absolute atomic E-state index is 12.5. The van der Waals surface area contributed by atoms with Crippen molar-refractivity contribution >= 4 is 17.8 Å². The van der Waals surface area contributed by atoms with Gasteiger partial charge >= 0.3 is 6.03 Å². The number of H-pyrrole nitrogens is 1. The molecule has 0 bridgehead atoms. The van der Waals surface area contributed by atoms with Gasteiger partial charge in [0.1, 0.15) is 6.04 Å². The fraction of sp³-hybridized carbons (Fsp3) is 0.500. The van der Waals surface area contributed by atoms with E-state index in [4.69, 9.17) is 5.73 Å². The van der Waals surface area contributed by atoms with Crippen LogP contribution in [0.1, 0.15) is 31.1 Å². The first-order valence-corrected chi connectivity index (χ1v) is 7.97. The number of nitrogens with two attached hydrogens (primary N) is 1. The van der Waals surface area contributed by atoms with Gasteiger partial charge in [-0.1, -0.05) is 13.8 Å². The maximum atomic E-state index is 12.5. The number of pyridine rings is 1. The van der Waals surface area contributed by atoms with E-state index in [9.17, 15) is 19.2 Å². The van der Waals surface area contributed by atoms with Gasteiger partial charge in [0, 0.05) is 30.9 Å². The van der Waals surface area contributed by atoms with Crippen molar-refractivity contribution < 1.29 is 14.4 Å². The Kier molecular flexibility index (Phi) is 5.15. The van der Waals surface area contributed by atoms with E-state index < -0.39 is 17.6 Å². The molecule has 9 nitrogen and oxygen atoms in total. The number of hydrogen-bond donors (Lipinski definition) is 4. The van der Waals surface area contributed by atoms with Crippen molar-refractivity contribution in [1.82, 2.24) is 20.5 Å². The van der Waals surface area contributed by atoms with E-state index >= 15 is 0 Å². The number of rotatable bonds is 5. The summed E-state index contributed by atoms with van der Waals surface area (Å²) in [6.07, 6.45) is 1.40. The number of urea groups is 1. The van der Waals surface area contributed by atoms with Crippen molar-refractivity contribution in [1.29, 1.82) is 0 Å². The molecule has 1 aliphatic rings. The summed E-state index contributed by atoms with van der Waals surface area (Å²) >= 11 is 0. The van der Waals surface area contributed by atoms with Crippen LogP contribution >= 0.6 is 0 Å². The Labute approximate surface area is 145 Å². The Hall–Kier alpha value is -2.84. The van der Waals surface area contributed by atoms with Crippen molar-refractivity contribution in [2.75, 3.05) is 13.1 Å². The number of hydrogen-bond acceptors (Lipinski definition) is 4. The van der Waals surface area contributed by atoms with E-state index in [0.29, 0.717) is 13.1 Å². The summed E-state index contributed by atoms with van der Waals surface area (Å²) in [5, 5.41) is 5.28. The van der Waals surface area contributed by atoms with Gasteiger partial charge in [0.15, 0.2) is 0 Å². The van der Waals surface area contributed by atoms with E-state index in [1.807, 2.05) is 20.8 Å². The molecule has 0 spiro atoms. The molecule has 0 radical (unpaired) electrons. The lowest BCUT2D eigenvalue weighted by atomic mass is 9.89. The molecule has 2 heterocycles. The average molecular weight is 349 g/mol. The number of carbonyl (C=O) groups excluding carboxylic acids is 3. The van der Waals surface area contributed by atoms with Gasteiger partial charge in [-0.3, -0.25) is 14.4 Å². The standard InChI is InChI=1S/C16H23N5O4/c1-9(2)12(19-15(17)25)14(24)21-7-16(3,8-21)20-13(23)10-4-5-18-11(22)6-10/h4-6,9,12H,7-8H2,1-3H3,(H,18,22)(H,20,23)(H3,17,19,25)/t12-/m0/s1. The van der Waals surface area contributed by atoms with Gasteiger partial charge < -0.3 is 26.3 Å². The molecule has 2 rings (SSSR count). The monoisotopic (exact) mass is 349 g/mol. The summed E-state index contributed by atoms with van der Waals surface area (Å²) < 4.78 is 0. The van der Waals surface area contributed by atoms with E-state index in [2.05, 4.69) is 15.6 Å². The van der Waals surface area contributed by atoms with Crippen LogP contribution in [-0.4, -0.2) is 52.4 Å². The molecule has 1 aliphatic heterocycles. The molecule has 1 aromatic rings.